The molecule has 4 heterocycles. The summed E-state index contributed by atoms with van der Waals surface area (Å²) < 4.78 is 5.65. The molecule has 294 valence electrons. The predicted molar refractivity (Wildman–Crippen MR) is 209 cm³/mol. The van der Waals surface area contributed by atoms with Gasteiger partial charge in [0.15, 0.2) is 0 Å². The van der Waals surface area contributed by atoms with Gasteiger partial charge in [-0.3, -0.25) is 0 Å². The molecule has 14 nitrogen and oxygen atoms in total. The van der Waals surface area contributed by atoms with Crippen LogP contribution in [0.4, 0.5) is 21.2 Å². The van der Waals surface area contributed by atoms with E-state index in [-0.39, 0.29) is 24.6 Å². The number of carbonyl (C=O) groups excluding carboxylic acids is 3. The molecule has 2 aliphatic carbocycles. The summed E-state index contributed by atoms with van der Waals surface area (Å²) in [5.41, 5.74) is -1.07. The number of ether oxygens (including phenoxy) is 1. The second kappa shape index (κ2) is 18.8. The molecule has 4 amide bonds. The first kappa shape index (κ1) is 39.3. The first-order valence-electron chi connectivity index (χ1n) is 19.7. The van der Waals surface area contributed by atoms with Gasteiger partial charge in [-0.05, 0) is 55.5 Å². The van der Waals surface area contributed by atoms with Crippen molar-refractivity contribution < 1.29 is 29.0 Å². The van der Waals surface area contributed by atoms with Crippen LogP contribution in [0.5, 0.6) is 0 Å². The zero-order chi connectivity index (χ0) is 38.5. The predicted octanol–water partition coefficient (Wildman–Crippen LogP) is 5.06. The fraction of sp³-hybridized carbons (Fsp3) is 0.512. The van der Waals surface area contributed by atoms with Gasteiger partial charge in [-0.1, -0.05) is 81.0 Å². The molecule has 0 bridgehead atoms. The summed E-state index contributed by atoms with van der Waals surface area (Å²) >= 11 is 0. The minimum absolute atomic E-state index is 0.181. The number of amides is 4. The van der Waals surface area contributed by atoms with E-state index in [1.807, 2.05) is 66.7 Å². The summed E-state index contributed by atoms with van der Waals surface area (Å²) in [6.07, 6.45) is 11.4. The summed E-state index contributed by atoms with van der Waals surface area (Å²) in [5.74, 6) is 0.599. The minimum Gasteiger partial charge on any atom is -0.480 e. The molecule has 2 saturated heterocycles. The Bertz CT molecular complexity index is 1690. The highest BCUT2D eigenvalue weighted by molar-refractivity contribution is 5.88. The van der Waals surface area contributed by atoms with Crippen molar-refractivity contribution >= 4 is 35.6 Å². The van der Waals surface area contributed by atoms with Crippen LogP contribution in [-0.2, 0) is 20.9 Å². The molecule has 3 N–H and O–H groups in total. The molecule has 0 atom stereocenters. The number of carboxylic acid groups (broad SMARTS) is 1. The number of esters is 1. The number of hydrogen-bond acceptors (Lipinski definition) is 9. The molecule has 7 rings (SSSR count). The van der Waals surface area contributed by atoms with E-state index >= 15 is 0 Å². The fourth-order valence-electron chi connectivity index (χ4n) is 7.87. The van der Waals surface area contributed by atoms with Gasteiger partial charge < -0.3 is 40.1 Å². The maximum absolute atomic E-state index is 13.1. The first-order chi connectivity index (χ1) is 26.8. The molecule has 3 aromatic rings. The van der Waals surface area contributed by atoms with E-state index in [1.165, 1.54) is 0 Å². The van der Waals surface area contributed by atoms with Crippen LogP contribution in [0.25, 0.3) is 0 Å². The SMILES string of the molecule is O=C(NC1(C(=O)O)CCCCC1)N1CCN(c2ccccn2)CC1.O=C(NC1(C(=O)OCc2ccccc2)CCCCC1)N1CCN(c2ccccn2)CC1. The topological polar surface area (TPSA) is 161 Å². The van der Waals surface area contributed by atoms with Crippen molar-refractivity contribution in [2.45, 2.75) is 81.9 Å². The standard InChI is InChI=1S/C24H30N4O3.C17H24N4O3/c29-22(31-19-20-9-3-1-4-10-20)24(12-6-2-7-13-24)26-23(30)28-17-15-27(16-18-28)21-11-5-8-14-25-21;22-15(23)17(7-3-1-4-8-17)19-16(24)21-12-10-20(11-13-21)14-6-2-5-9-18-14/h1,3-5,8-11,14H,2,6-7,12-13,15-19H2,(H,26,30);2,5-6,9H,1,3-4,7-8,10-13H2,(H,19,24)(H,22,23). The molecule has 1 aromatic carbocycles. The Kier molecular flexibility index (Phi) is 13.4. The van der Waals surface area contributed by atoms with E-state index in [0.29, 0.717) is 65.0 Å². The zero-order valence-electron chi connectivity index (χ0n) is 31.6. The first-order valence-corrected chi connectivity index (χ1v) is 19.7. The van der Waals surface area contributed by atoms with Crippen molar-refractivity contribution in [1.29, 1.82) is 0 Å². The van der Waals surface area contributed by atoms with Crippen molar-refractivity contribution in [3.63, 3.8) is 0 Å². The molecule has 2 saturated carbocycles. The van der Waals surface area contributed by atoms with Crippen LogP contribution in [0.1, 0.15) is 69.8 Å². The van der Waals surface area contributed by atoms with Gasteiger partial charge in [0.25, 0.3) is 0 Å². The lowest BCUT2D eigenvalue weighted by Gasteiger charge is -2.40. The third-order valence-corrected chi connectivity index (χ3v) is 11.2. The van der Waals surface area contributed by atoms with Crippen molar-refractivity contribution in [3.8, 4) is 0 Å². The lowest BCUT2D eigenvalue weighted by atomic mass is 9.81. The molecule has 0 unspecified atom stereocenters. The highest BCUT2D eigenvalue weighted by Crippen LogP contribution is 2.31. The maximum atomic E-state index is 13.1. The average molecular weight is 755 g/mol. The molecule has 0 spiro atoms. The zero-order valence-corrected chi connectivity index (χ0v) is 31.6. The molecule has 2 aliphatic heterocycles. The normalized spacial score (nSPS) is 19.3. The molecular weight excluding hydrogens is 701 g/mol. The maximum Gasteiger partial charge on any atom is 0.332 e. The number of anilines is 2. The minimum atomic E-state index is -1.09. The van der Waals surface area contributed by atoms with E-state index in [2.05, 4.69) is 30.4 Å². The second-order valence-corrected chi connectivity index (χ2v) is 14.8. The number of hydrogen-bond donors (Lipinski definition) is 3. The smallest absolute Gasteiger partial charge is 0.332 e. The number of nitrogens with zero attached hydrogens (tertiary/aromatic N) is 6. The van der Waals surface area contributed by atoms with Gasteiger partial charge in [0.1, 0.15) is 29.3 Å². The van der Waals surface area contributed by atoms with Gasteiger partial charge in [-0.15, -0.1) is 0 Å². The van der Waals surface area contributed by atoms with E-state index in [0.717, 1.165) is 68.8 Å². The van der Waals surface area contributed by atoms with Gasteiger partial charge >= 0.3 is 24.0 Å². The molecule has 14 heteroatoms. The number of urea groups is 2. The van der Waals surface area contributed by atoms with Crippen molar-refractivity contribution in [3.05, 3.63) is 84.7 Å². The number of pyridine rings is 2. The van der Waals surface area contributed by atoms with Gasteiger partial charge in [-0.2, -0.15) is 0 Å². The summed E-state index contributed by atoms with van der Waals surface area (Å²) in [6.45, 7) is 5.38. The average Bonchev–Trinajstić information content (AvgIpc) is 3.24. The van der Waals surface area contributed by atoms with Gasteiger partial charge in [0.05, 0.1) is 0 Å². The summed E-state index contributed by atoms with van der Waals surface area (Å²) in [7, 11) is 0. The molecule has 0 radical (unpaired) electrons. The van der Waals surface area contributed by atoms with Gasteiger partial charge in [0.2, 0.25) is 0 Å². The highest BCUT2D eigenvalue weighted by atomic mass is 16.5. The van der Waals surface area contributed by atoms with Crippen LogP contribution in [0.3, 0.4) is 0 Å². The Balaban J connectivity index is 0.000000193. The Hall–Kier alpha value is -5.40. The Morgan fingerprint density at radius 3 is 1.45 bits per heavy atom. The molecule has 4 fully saturated rings. The number of aliphatic carboxylic acids is 1. The van der Waals surface area contributed by atoms with Crippen LogP contribution in [0.15, 0.2) is 79.1 Å². The number of piperazine rings is 2. The lowest BCUT2D eigenvalue weighted by Crippen LogP contribution is -2.61. The summed E-state index contributed by atoms with van der Waals surface area (Å²) in [5, 5.41) is 15.5. The van der Waals surface area contributed by atoms with Crippen molar-refractivity contribution in [2.75, 3.05) is 62.2 Å². The monoisotopic (exact) mass is 754 g/mol. The quantitative estimate of drug-likeness (QED) is 0.265. The number of carboxylic acids is 1. The van der Waals surface area contributed by atoms with Crippen molar-refractivity contribution in [1.82, 2.24) is 30.4 Å². The van der Waals surface area contributed by atoms with E-state index in [1.54, 1.807) is 22.2 Å². The highest BCUT2D eigenvalue weighted by Gasteiger charge is 2.44. The second-order valence-electron chi connectivity index (χ2n) is 14.8. The molecule has 2 aromatic heterocycles. The number of rotatable bonds is 8. The van der Waals surface area contributed by atoms with E-state index in [4.69, 9.17) is 4.74 Å². The van der Waals surface area contributed by atoms with Gasteiger partial charge in [0, 0.05) is 64.8 Å². The van der Waals surface area contributed by atoms with Crippen molar-refractivity contribution in [2.24, 2.45) is 0 Å². The number of nitrogens with one attached hydrogen (secondary N) is 2. The number of carbonyl (C=O) groups is 4. The summed E-state index contributed by atoms with van der Waals surface area (Å²) in [6, 6.07) is 20.8. The van der Waals surface area contributed by atoms with Crippen LogP contribution in [-0.4, -0.2) is 112 Å². The third-order valence-electron chi connectivity index (χ3n) is 11.2. The van der Waals surface area contributed by atoms with Crippen LogP contribution >= 0.6 is 0 Å². The largest absolute Gasteiger partial charge is 0.480 e. The number of aromatic nitrogens is 2. The molecule has 4 aliphatic rings. The van der Waals surface area contributed by atoms with Crippen LogP contribution in [0, 0.1) is 0 Å². The fourth-order valence-corrected chi connectivity index (χ4v) is 7.87. The lowest BCUT2D eigenvalue weighted by molar-refractivity contribution is -0.154. The molecule has 55 heavy (non-hydrogen) atoms. The summed E-state index contributed by atoms with van der Waals surface area (Å²) in [4.78, 5) is 66.9. The number of benzene rings is 1. The molecular formula is C41H54N8O6. The Morgan fingerprint density at radius 2 is 1.02 bits per heavy atom. The van der Waals surface area contributed by atoms with Crippen LogP contribution in [0.2, 0.25) is 0 Å². The third kappa shape index (κ3) is 10.2. The van der Waals surface area contributed by atoms with Gasteiger partial charge in [-0.25, -0.2) is 29.1 Å². The van der Waals surface area contributed by atoms with Crippen LogP contribution < -0.4 is 20.4 Å². The van der Waals surface area contributed by atoms with E-state index in [9.17, 15) is 24.3 Å². The Labute approximate surface area is 323 Å². The Morgan fingerprint density at radius 1 is 0.582 bits per heavy atom. The van der Waals surface area contributed by atoms with E-state index < -0.39 is 17.0 Å².